The zero-order valence-electron chi connectivity index (χ0n) is 11.6. The summed E-state index contributed by atoms with van der Waals surface area (Å²) < 4.78 is 13.9. The standard InChI is InChI=1S/C15H26FN/c1-8(2)15-14-10-5-11(13(16)6-10)12(14)7-17(15)9(3)4/h8-15H,5-7H2,1-4H3. The van der Waals surface area contributed by atoms with Crippen LogP contribution in [-0.4, -0.2) is 29.7 Å². The average Bonchev–Trinajstić information content (AvgIpc) is 2.83. The van der Waals surface area contributed by atoms with Gasteiger partial charge in [-0.3, -0.25) is 4.90 Å². The van der Waals surface area contributed by atoms with Gasteiger partial charge in [-0.15, -0.1) is 0 Å². The second kappa shape index (κ2) is 3.94. The normalized spacial score (nSPS) is 49.6. The van der Waals surface area contributed by atoms with Crippen LogP contribution in [0.3, 0.4) is 0 Å². The summed E-state index contributed by atoms with van der Waals surface area (Å²) in [4.78, 5) is 2.66. The Morgan fingerprint density at radius 2 is 1.76 bits per heavy atom. The summed E-state index contributed by atoms with van der Waals surface area (Å²) in [6.07, 6.45) is 1.56. The predicted molar refractivity (Wildman–Crippen MR) is 68.6 cm³/mol. The number of halogens is 1. The van der Waals surface area contributed by atoms with E-state index in [-0.39, 0.29) is 0 Å². The van der Waals surface area contributed by atoms with Crippen molar-refractivity contribution in [3.8, 4) is 0 Å². The molecule has 1 heterocycles. The van der Waals surface area contributed by atoms with Crippen molar-refractivity contribution in [1.82, 2.24) is 4.90 Å². The first kappa shape index (κ1) is 12.0. The van der Waals surface area contributed by atoms with E-state index in [0.717, 1.165) is 18.9 Å². The summed E-state index contributed by atoms with van der Waals surface area (Å²) in [5, 5.41) is 0. The molecule has 6 atom stereocenters. The zero-order valence-corrected chi connectivity index (χ0v) is 11.6. The fraction of sp³-hybridized carbons (Fsp3) is 1.00. The quantitative estimate of drug-likeness (QED) is 0.714. The molecule has 1 saturated heterocycles. The van der Waals surface area contributed by atoms with Crippen LogP contribution in [0.5, 0.6) is 0 Å². The third-order valence-electron chi connectivity index (χ3n) is 5.70. The number of hydrogen-bond acceptors (Lipinski definition) is 1. The first-order valence-corrected chi connectivity index (χ1v) is 7.40. The summed E-state index contributed by atoms with van der Waals surface area (Å²) in [6, 6.07) is 1.33. The minimum Gasteiger partial charge on any atom is -0.297 e. The third-order valence-corrected chi connectivity index (χ3v) is 5.70. The molecule has 1 aliphatic heterocycles. The Bertz CT molecular complexity index is 301. The van der Waals surface area contributed by atoms with E-state index in [0.29, 0.717) is 35.8 Å². The van der Waals surface area contributed by atoms with Gasteiger partial charge in [0.25, 0.3) is 0 Å². The molecular formula is C15H26FN. The summed E-state index contributed by atoms with van der Waals surface area (Å²) in [5.41, 5.74) is 0. The molecule has 1 nitrogen and oxygen atoms in total. The van der Waals surface area contributed by atoms with E-state index in [9.17, 15) is 4.39 Å². The number of fused-ring (bicyclic) bond motifs is 5. The molecule has 0 radical (unpaired) electrons. The van der Waals surface area contributed by atoms with Gasteiger partial charge in [0, 0.05) is 18.6 Å². The Morgan fingerprint density at radius 1 is 1.06 bits per heavy atom. The van der Waals surface area contributed by atoms with Crippen LogP contribution in [0.4, 0.5) is 4.39 Å². The highest BCUT2D eigenvalue weighted by atomic mass is 19.1. The van der Waals surface area contributed by atoms with Gasteiger partial charge in [-0.1, -0.05) is 13.8 Å². The van der Waals surface area contributed by atoms with Crippen molar-refractivity contribution in [2.24, 2.45) is 29.6 Å². The molecule has 6 unspecified atom stereocenters. The first-order valence-electron chi connectivity index (χ1n) is 7.40. The predicted octanol–water partition coefficient (Wildman–Crippen LogP) is 3.35. The van der Waals surface area contributed by atoms with Crippen molar-refractivity contribution in [2.45, 2.75) is 58.8 Å². The maximum Gasteiger partial charge on any atom is 0.104 e. The molecule has 0 amide bonds. The Labute approximate surface area is 105 Å². The fourth-order valence-electron chi connectivity index (χ4n) is 5.21. The van der Waals surface area contributed by atoms with E-state index in [4.69, 9.17) is 0 Å². The maximum absolute atomic E-state index is 13.9. The molecule has 2 bridgehead atoms. The lowest BCUT2D eigenvalue weighted by molar-refractivity contribution is 0.109. The van der Waals surface area contributed by atoms with E-state index in [1.807, 2.05) is 0 Å². The molecule has 0 aromatic carbocycles. The molecule has 0 aromatic heterocycles. The summed E-state index contributed by atoms with van der Waals surface area (Å²) >= 11 is 0. The highest BCUT2D eigenvalue weighted by Crippen LogP contribution is 2.59. The van der Waals surface area contributed by atoms with Crippen LogP contribution in [0.25, 0.3) is 0 Å². The van der Waals surface area contributed by atoms with Crippen LogP contribution in [0.2, 0.25) is 0 Å². The second-order valence-electron chi connectivity index (χ2n) is 7.18. The molecule has 0 N–H and O–H groups in total. The minimum atomic E-state index is -0.485. The molecule has 17 heavy (non-hydrogen) atoms. The number of hydrogen-bond donors (Lipinski definition) is 0. The van der Waals surface area contributed by atoms with E-state index in [1.54, 1.807) is 0 Å². The van der Waals surface area contributed by atoms with Crippen molar-refractivity contribution in [3.63, 3.8) is 0 Å². The van der Waals surface area contributed by atoms with Crippen LogP contribution in [0.15, 0.2) is 0 Å². The molecule has 2 aliphatic carbocycles. The van der Waals surface area contributed by atoms with Gasteiger partial charge < -0.3 is 0 Å². The van der Waals surface area contributed by atoms with Gasteiger partial charge in [-0.05, 0) is 56.3 Å². The van der Waals surface area contributed by atoms with Crippen molar-refractivity contribution in [1.29, 1.82) is 0 Å². The lowest BCUT2D eigenvalue weighted by atomic mass is 9.75. The van der Waals surface area contributed by atoms with Gasteiger partial charge >= 0.3 is 0 Å². The van der Waals surface area contributed by atoms with Gasteiger partial charge in [-0.25, -0.2) is 4.39 Å². The summed E-state index contributed by atoms with van der Waals surface area (Å²) in [6.45, 7) is 10.5. The van der Waals surface area contributed by atoms with E-state index >= 15 is 0 Å². The monoisotopic (exact) mass is 239 g/mol. The van der Waals surface area contributed by atoms with Gasteiger partial charge in [0.05, 0.1) is 0 Å². The van der Waals surface area contributed by atoms with Crippen LogP contribution in [-0.2, 0) is 0 Å². The molecular weight excluding hydrogens is 213 g/mol. The minimum absolute atomic E-state index is 0.398. The second-order valence-corrected chi connectivity index (χ2v) is 7.18. The van der Waals surface area contributed by atoms with Gasteiger partial charge in [0.1, 0.15) is 6.17 Å². The maximum atomic E-state index is 13.9. The molecule has 2 saturated carbocycles. The fourth-order valence-corrected chi connectivity index (χ4v) is 5.21. The third kappa shape index (κ3) is 1.59. The van der Waals surface area contributed by atoms with E-state index < -0.39 is 6.17 Å². The highest BCUT2D eigenvalue weighted by molar-refractivity contribution is 5.10. The van der Waals surface area contributed by atoms with E-state index in [1.165, 1.54) is 6.42 Å². The van der Waals surface area contributed by atoms with Crippen molar-refractivity contribution < 1.29 is 4.39 Å². The highest BCUT2D eigenvalue weighted by Gasteiger charge is 2.60. The van der Waals surface area contributed by atoms with Crippen LogP contribution >= 0.6 is 0 Å². The van der Waals surface area contributed by atoms with Gasteiger partial charge in [0.2, 0.25) is 0 Å². The molecule has 3 aliphatic rings. The topological polar surface area (TPSA) is 3.24 Å². The van der Waals surface area contributed by atoms with Gasteiger partial charge in [0.15, 0.2) is 0 Å². The Hall–Kier alpha value is -0.110. The molecule has 0 spiro atoms. The molecule has 2 heteroatoms. The number of rotatable bonds is 2. The summed E-state index contributed by atoms with van der Waals surface area (Å²) in [5.74, 6) is 3.27. The number of likely N-dealkylation sites (tertiary alicyclic amines) is 1. The molecule has 3 rings (SSSR count). The number of alkyl halides is 1. The van der Waals surface area contributed by atoms with E-state index in [2.05, 4.69) is 32.6 Å². The average molecular weight is 239 g/mol. The summed E-state index contributed by atoms with van der Waals surface area (Å²) in [7, 11) is 0. The molecule has 0 aromatic rings. The van der Waals surface area contributed by atoms with Crippen LogP contribution in [0.1, 0.15) is 40.5 Å². The lowest BCUT2D eigenvalue weighted by Gasteiger charge is -2.36. The molecule has 3 fully saturated rings. The Balaban J connectivity index is 1.87. The smallest absolute Gasteiger partial charge is 0.104 e. The Kier molecular flexibility index (Phi) is 2.77. The number of nitrogens with zero attached hydrogens (tertiary/aromatic N) is 1. The first-order chi connectivity index (χ1) is 8.00. The van der Waals surface area contributed by atoms with Crippen molar-refractivity contribution in [3.05, 3.63) is 0 Å². The van der Waals surface area contributed by atoms with Crippen LogP contribution < -0.4 is 0 Å². The lowest BCUT2D eigenvalue weighted by Crippen LogP contribution is -2.42. The Morgan fingerprint density at radius 3 is 2.35 bits per heavy atom. The molecule has 98 valence electrons. The SMILES string of the molecule is CC(C)C1C2C3CC(F)C(C3)C2CN1C(C)C. The van der Waals surface area contributed by atoms with Crippen LogP contribution in [0, 0.1) is 29.6 Å². The van der Waals surface area contributed by atoms with Gasteiger partial charge in [-0.2, -0.15) is 0 Å². The largest absolute Gasteiger partial charge is 0.297 e. The van der Waals surface area contributed by atoms with Crippen molar-refractivity contribution >= 4 is 0 Å². The van der Waals surface area contributed by atoms with Crippen molar-refractivity contribution in [2.75, 3.05) is 6.54 Å². The zero-order chi connectivity index (χ0) is 12.3.